The third kappa shape index (κ3) is 2.68. The van der Waals surface area contributed by atoms with Gasteiger partial charge in [-0.2, -0.15) is 0 Å². The molecule has 2 rings (SSSR count). The van der Waals surface area contributed by atoms with E-state index in [4.69, 9.17) is 16.3 Å². The molecular formula is C11H11BrClNO2. The van der Waals surface area contributed by atoms with E-state index in [1.54, 1.807) is 4.90 Å². The van der Waals surface area contributed by atoms with E-state index in [2.05, 4.69) is 15.9 Å². The number of carbonyl (C=O) groups excluding carboxylic acids is 1. The normalized spacial score (nSPS) is 15.8. The van der Waals surface area contributed by atoms with Crippen molar-refractivity contribution in [1.29, 1.82) is 0 Å². The zero-order valence-electron chi connectivity index (χ0n) is 8.53. The number of ether oxygens (including phenoxy) is 1. The molecule has 0 unspecified atom stereocenters. The smallest absolute Gasteiger partial charge is 0.237 e. The molecule has 1 saturated heterocycles. The van der Waals surface area contributed by atoms with Crippen molar-refractivity contribution in [3.05, 3.63) is 28.7 Å². The minimum atomic E-state index is -0.0317. The third-order valence-electron chi connectivity index (χ3n) is 2.41. The zero-order chi connectivity index (χ0) is 11.5. The van der Waals surface area contributed by atoms with Crippen LogP contribution in [-0.4, -0.2) is 35.9 Å². The fraction of sp³-hybridized carbons (Fsp3) is 0.364. The van der Waals surface area contributed by atoms with Crippen LogP contribution in [0.1, 0.15) is 0 Å². The first-order chi connectivity index (χ1) is 7.69. The summed E-state index contributed by atoms with van der Waals surface area (Å²) in [4.78, 5) is 12.9. The van der Waals surface area contributed by atoms with Crippen molar-refractivity contribution in [1.82, 2.24) is 4.90 Å². The molecule has 16 heavy (non-hydrogen) atoms. The average molecular weight is 305 g/mol. The molecule has 0 saturated carbocycles. The summed E-state index contributed by atoms with van der Waals surface area (Å²) in [5.41, 5.74) is 0. The van der Waals surface area contributed by atoms with Crippen molar-refractivity contribution in [2.75, 3.05) is 19.0 Å². The Morgan fingerprint density at radius 1 is 1.56 bits per heavy atom. The second kappa shape index (κ2) is 5.06. The number of nitrogens with zero attached hydrogens (tertiary/aromatic N) is 1. The fourth-order valence-corrected chi connectivity index (χ4v) is 2.08. The summed E-state index contributed by atoms with van der Waals surface area (Å²) in [6, 6.07) is 7.67. The van der Waals surface area contributed by atoms with Gasteiger partial charge in [0.1, 0.15) is 17.7 Å². The highest BCUT2D eigenvalue weighted by Gasteiger charge is 2.31. The number of benzene rings is 1. The minimum absolute atomic E-state index is 0.0317. The van der Waals surface area contributed by atoms with Crippen molar-refractivity contribution in [2.45, 2.75) is 6.10 Å². The number of carbonyl (C=O) groups is 1. The van der Waals surface area contributed by atoms with E-state index in [-0.39, 0.29) is 17.9 Å². The van der Waals surface area contributed by atoms with Crippen molar-refractivity contribution in [2.24, 2.45) is 0 Å². The van der Waals surface area contributed by atoms with Gasteiger partial charge in [0.05, 0.1) is 13.1 Å². The Labute approximate surface area is 107 Å². The molecule has 0 aromatic heterocycles. The highest BCUT2D eigenvalue weighted by Crippen LogP contribution is 2.21. The van der Waals surface area contributed by atoms with Crippen LogP contribution in [-0.2, 0) is 4.79 Å². The lowest BCUT2D eigenvalue weighted by Gasteiger charge is -2.38. The minimum Gasteiger partial charge on any atom is -0.487 e. The van der Waals surface area contributed by atoms with E-state index in [9.17, 15) is 4.79 Å². The summed E-state index contributed by atoms with van der Waals surface area (Å²) in [6.45, 7) is 1.25. The van der Waals surface area contributed by atoms with Crippen molar-refractivity contribution < 1.29 is 9.53 Å². The largest absolute Gasteiger partial charge is 0.487 e. The van der Waals surface area contributed by atoms with Crippen LogP contribution < -0.4 is 4.74 Å². The molecule has 0 atom stereocenters. The molecule has 0 radical (unpaired) electrons. The summed E-state index contributed by atoms with van der Waals surface area (Å²) in [5, 5.41) is 0. The Morgan fingerprint density at radius 2 is 2.31 bits per heavy atom. The Bertz CT molecular complexity index is 393. The van der Waals surface area contributed by atoms with E-state index in [1.165, 1.54) is 0 Å². The number of rotatable bonds is 3. The molecule has 3 nitrogen and oxygen atoms in total. The molecule has 1 aromatic rings. The number of amides is 1. The molecule has 1 aromatic carbocycles. The topological polar surface area (TPSA) is 29.5 Å². The number of hydrogen-bond donors (Lipinski definition) is 0. The molecule has 0 bridgehead atoms. The first-order valence-corrected chi connectivity index (χ1v) is 6.28. The number of alkyl halides is 1. The van der Waals surface area contributed by atoms with E-state index < -0.39 is 0 Å². The lowest BCUT2D eigenvalue weighted by atomic mass is 10.1. The zero-order valence-corrected chi connectivity index (χ0v) is 10.9. The van der Waals surface area contributed by atoms with Gasteiger partial charge in [0.15, 0.2) is 0 Å². The number of halogens is 2. The van der Waals surface area contributed by atoms with E-state index in [0.29, 0.717) is 13.1 Å². The van der Waals surface area contributed by atoms with Gasteiger partial charge < -0.3 is 9.64 Å². The summed E-state index contributed by atoms with van der Waals surface area (Å²) in [6.07, 6.45) is 0.0847. The highest BCUT2D eigenvalue weighted by atomic mass is 79.9. The Morgan fingerprint density at radius 3 is 2.94 bits per heavy atom. The van der Waals surface area contributed by atoms with Crippen LogP contribution in [0.15, 0.2) is 28.7 Å². The van der Waals surface area contributed by atoms with Crippen LogP contribution in [0.2, 0.25) is 0 Å². The van der Waals surface area contributed by atoms with Crippen LogP contribution >= 0.6 is 27.5 Å². The molecule has 1 fully saturated rings. The SMILES string of the molecule is O=C(CCl)N1CC(Oc2cccc(Br)c2)C1. The molecule has 1 aliphatic heterocycles. The van der Waals surface area contributed by atoms with Crippen molar-refractivity contribution >= 4 is 33.4 Å². The van der Waals surface area contributed by atoms with Gasteiger partial charge in [-0.15, -0.1) is 11.6 Å². The Balaban J connectivity index is 1.84. The van der Waals surface area contributed by atoms with Gasteiger partial charge in [-0.3, -0.25) is 4.79 Å². The van der Waals surface area contributed by atoms with Crippen molar-refractivity contribution in [3.8, 4) is 5.75 Å². The van der Waals surface area contributed by atoms with Crippen LogP contribution in [0.5, 0.6) is 5.75 Å². The third-order valence-corrected chi connectivity index (χ3v) is 3.14. The maximum Gasteiger partial charge on any atom is 0.237 e. The quantitative estimate of drug-likeness (QED) is 0.802. The molecule has 1 aliphatic rings. The summed E-state index contributed by atoms with van der Waals surface area (Å²) >= 11 is 8.83. The molecule has 0 aliphatic carbocycles. The highest BCUT2D eigenvalue weighted by molar-refractivity contribution is 9.10. The first kappa shape index (κ1) is 11.7. The van der Waals surface area contributed by atoms with Crippen LogP contribution in [0.4, 0.5) is 0 Å². The Hall–Kier alpha value is -0.740. The van der Waals surface area contributed by atoms with Gasteiger partial charge in [0.25, 0.3) is 0 Å². The fourth-order valence-electron chi connectivity index (χ4n) is 1.53. The number of likely N-dealkylation sites (tertiary alicyclic amines) is 1. The van der Waals surface area contributed by atoms with Gasteiger partial charge in [-0.1, -0.05) is 22.0 Å². The summed E-state index contributed by atoms with van der Waals surface area (Å²) in [5.74, 6) is 0.831. The van der Waals surface area contributed by atoms with E-state index in [0.717, 1.165) is 10.2 Å². The van der Waals surface area contributed by atoms with E-state index in [1.807, 2.05) is 24.3 Å². The average Bonchev–Trinajstić information content (AvgIpc) is 2.22. The predicted octanol–water partition coefficient (Wildman–Crippen LogP) is 2.28. The maximum atomic E-state index is 11.2. The van der Waals surface area contributed by atoms with Gasteiger partial charge in [-0.05, 0) is 18.2 Å². The molecular weight excluding hydrogens is 293 g/mol. The van der Waals surface area contributed by atoms with Gasteiger partial charge in [0, 0.05) is 4.47 Å². The lowest BCUT2D eigenvalue weighted by Crippen LogP contribution is -2.56. The Kier molecular flexibility index (Phi) is 3.71. The number of hydrogen-bond acceptors (Lipinski definition) is 2. The van der Waals surface area contributed by atoms with Gasteiger partial charge in [-0.25, -0.2) is 0 Å². The van der Waals surface area contributed by atoms with Gasteiger partial charge in [0.2, 0.25) is 5.91 Å². The summed E-state index contributed by atoms with van der Waals surface area (Å²) in [7, 11) is 0. The predicted molar refractivity (Wildman–Crippen MR) is 65.9 cm³/mol. The van der Waals surface area contributed by atoms with Crippen LogP contribution in [0.3, 0.4) is 0 Å². The molecule has 1 heterocycles. The molecule has 86 valence electrons. The molecule has 1 amide bonds. The lowest BCUT2D eigenvalue weighted by molar-refractivity contribution is -0.137. The monoisotopic (exact) mass is 303 g/mol. The molecule has 0 N–H and O–H groups in total. The van der Waals surface area contributed by atoms with Crippen LogP contribution in [0.25, 0.3) is 0 Å². The molecule has 5 heteroatoms. The standard InChI is InChI=1S/C11H11BrClNO2/c12-8-2-1-3-9(4-8)16-10-6-14(7-10)11(15)5-13/h1-4,10H,5-7H2. The second-order valence-corrected chi connectivity index (χ2v) is 4.81. The second-order valence-electron chi connectivity index (χ2n) is 3.63. The van der Waals surface area contributed by atoms with Crippen LogP contribution in [0, 0.1) is 0 Å². The van der Waals surface area contributed by atoms with Crippen molar-refractivity contribution in [3.63, 3.8) is 0 Å². The maximum absolute atomic E-state index is 11.2. The molecule has 0 spiro atoms. The summed E-state index contributed by atoms with van der Waals surface area (Å²) < 4.78 is 6.67. The van der Waals surface area contributed by atoms with E-state index >= 15 is 0 Å². The first-order valence-electron chi connectivity index (χ1n) is 4.95. The van der Waals surface area contributed by atoms with Gasteiger partial charge >= 0.3 is 0 Å².